The van der Waals surface area contributed by atoms with Gasteiger partial charge in [-0.1, -0.05) is 72.3 Å². The molecule has 7 nitrogen and oxygen atoms in total. The van der Waals surface area contributed by atoms with Crippen LogP contribution in [0.15, 0.2) is 120 Å². The molecule has 0 atom stereocenters. The largest absolute Gasteiger partial charge is 0.348 e. The summed E-state index contributed by atoms with van der Waals surface area (Å²) in [5, 5.41) is 2.96. The minimum atomic E-state index is -3.98. The van der Waals surface area contributed by atoms with Gasteiger partial charge in [-0.3, -0.25) is 9.10 Å². The SMILES string of the molecule is Cc1ccc(S(=O)(=O)N(Cc2ccccc2)c2ccccc2C(=O)NCc2ccc(-n3ccnc3C)cc2)cc1. The molecule has 0 spiro atoms. The van der Waals surface area contributed by atoms with E-state index in [9.17, 15) is 13.2 Å². The smallest absolute Gasteiger partial charge is 0.264 e. The lowest BCUT2D eigenvalue weighted by atomic mass is 10.1. The number of para-hydroxylation sites is 1. The van der Waals surface area contributed by atoms with Crippen molar-refractivity contribution in [3.63, 3.8) is 0 Å². The molecule has 0 bridgehead atoms. The molecular weight excluding hydrogens is 520 g/mol. The maximum absolute atomic E-state index is 13.9. The van der Waals surface area contributed by atoms with Crippen molar-refractivity contribution in [1.82, 2.24) is 14.9 Å². The Labute approximate surface area is 234 Å². The van der Waals surface area contributed by atoms with Gasteiger partial charge in [-0.25, -0.2) is 13.4 Å². The number of benzene rings is 4. The average Bonchev–Trinajstić information content (AvgIpc) is 3.41. The zero-order valence-corrected chi connectivity index (χ0v) is 23.2. The summed E-state index contributed by atoms with van der Waals surface area (Å²) < 4.78 is 31.2. The third kappa shape index (κ3) is 5.82. The van der Waals surface area contributed by atoms with Gasteiger partial charge in [0.05, 0.1) is 22.7 Å². The van der Waals surface area contributed by atoms with Crippen LogP contribution in [-0.2, 0) is 23.1 Å². The van der Waals surface area contributed by atoms with Gasteiger partial charge in [0.2, 0.25) is 0 Å². The maximum Gasteiger partial charge on any atom is 0.264 e. The summed E-state index contributed by atoms with van der Waals surface area (Å²) in [5.41, 5.74) is 4.26. The molecule has 5 aromatic rings. The number of nitrogens with zero attached hydrogens (tertiary/aromatic N) is 3. The first kappa shape index (κ1) is 26.9. The van der Waals surface area contributed by atoms with Gasteiger partial charge < -0.3 is 9.88 Å². The molecule has 0 aliphatic heterocycles. The Bertz CT molecular complexity index is 1710. The molecule has 1 heterocycles. The standard InChI is InChI=1S/C32H30N4O3S/c1-24-12-18-29(19-13-24)40(38,39)36(23-27-8-4-3-5-9-27)31-11-7-6-10-30(31)32(37)34-22-26-14-16-28(17-15-26)35-21-20-33-25(35)2/h3-21H,22-23H2,1-2H3,(H,34,37). The molecular formula is C32H30N4O3S. The van der Waals surface area contributed by atoms with Crippen LogP contribution in [0.2, 0.25) is 0 Å². The Hall–Kier alpha value is -4.69. The van der Waals surface area contributed by atoms with Crippen molar-refractivity contribution in [3.8, 4) is 5.69 Å². The lowest BCUT2D eigenvalue weighted by molar-refractivity contribution is 0.0951. The number of aryl methyl sites for hydroxylation is 2. The molecule has 0 unspecified atom stereocenters. The second kappa shape index (κ2) is 11.6. The predicted octanol–water partition coefficient (Wildman–Crippen LogP) is 5.81. The number of aromatic nitrogens is 2. The van der Waals surface area contributed by atoms with E-state index in [1.54, 1.807) is 54.7 Å². The molecule has 1 aromatic heterocycles. The van der Waals surface area contributed by atoms with Gasteiger partial charge in [-0.15, -0.1) is 0 Å². The van der Waals surface area contributed by atoms with Crippen molar-refractivity contribution in [2.24, 2.45) is 0 Å². The summed E-state index contributed by atoms with van der Waals surface area (Å²) >= 11 is 0. The third-order valence-electron chi connectivity index (χ3n) is 6.69. The van der Waals surface area contributed by atoms with Gasteiger partial charge in [0.25, 0.3) is 15.9 Å². The van der Waals surface area contributed by atoms with Crippen molar-refractivity contribution in [3.05, 3.63) is 144 Å². The summed E-state index contributed by atoms with van der Waals surface area (Å²) in [6, 6.07) is 30.7. The highest BCUT2D eigenvalue weighted by Gasteiger charge is 2.28. The van der Waals surface area contributed by atoms with E-state index in [2.05, 4.69) is 10.3 Å². The van der Waals surface area contributed by atoms with Crippen LogP contribution in [0, 0.1) is 13.8 Å². The molecule has 202 valence electrons. The van der Waals surface area contributed by atoms with Crippen LogP contribution in [0.4, 0.5) is 5.69 Å². The molecule has 0 radical (unpaired) electrons. The van der Waals surface area contributed by atoms with Crippen LogP contribution >= 0.6 is 0 Å². The number of carbonyl (C=O) groups excluding carboxylic acids is 1. The molecule has 5 rings (SSSR count). The fourth-order valence-electron chi connectivity index (χ4n) is 4.47. The zero-order valence-electron chi connectivity index (χ0n) is 22.4. The van der Waals surface area contributed by atoms with Crippen LogP contribution < -0.4 is 9.62 Å². The first-order valence-electron chi connectivity index (χ1n) is 12.9. The highest BCUT2D eigenvalue weighted by molar-refractivity contribution is 7.92. The first-order valence-corrected chi connectivity index (χ1v) is 14.4. The minimum Gasteiger partial charge on any atom is -0.348 e. The number of sulfonamides is 1. The number of anilines is 1. The molecule has 0 aliphatic carbocycles. The van der Waals surface area contributed by atoms with Gasteiger partial charge in [-0.2, -0.15) is 0 Å². The summed E-state index contributed by atoms with van der Waals surface area (Å²) in [5.74, 6) is 0.528. The Balaban J connectivity index is 1.42. The summed E-state index contributed by atoms with van der Waals surface area (Å²) in [7, 11) is -3.98. The number of carbonyl (C=O) groups is 1. The Kier molecular flexibility index (Phi) is 7.79. The van der Waals surface area contributed by atoms with Crippen molar-refractivity contribution in [1.29, 1.82) is 0 Å². The number of hydrogen-bond donors (Lipinski definition) is 1. The quantitative estimate of drug-likeness (QED) is 0.251. The van der Waals surface area contributed by atoms with Crippen molar-refractivity contribution >= 4 is 21.6 Å². The normalized spacial score (nSPS) is 11.2. The Morgan fingerprint density at radius 3 is 2.17 bits per heavy atom. The number of hydrogen-bond acceptors (Lipinski definition) is 4. The molecule has 1 N–H and O–H groups in total. The van der Waals surface area contributed by atoms with Crippen molar-refractivity contribution in [2.45, 2.75) is 31.8 Å². The monoisotopic (exact) mass is 550 g/mol. The maximum atomic E-state index is 13.9. The topological polar surface area (TPSA) is 84.3 Å². The predicted molar refractivity (Wildman–Crippen MR) is 157 cm³/mol. The summed E-state index contributed by atoms with van der Waals surface area (Å²) in [6.07, 6.45) is 3.65. The summed E-state index contributed by atoms with van der Waals surface area (Å²) in [4.78, 5) is 17.9. The van der Waals surface area contributed by atoms with Crippen LogP contribution in [0.3, 0.4) is 0 Å². The third-order valence-corrected chi connectivity index (χ3v) is 8.46. The average molecular weight is 551 g/mol. The van der Waals surface area contributed by atoms with Gasteiger partial charge in [0.15, 0.2) is 0 Å². The van der Waals surface area contributed by atoms with Crippen LogP contribution in [0.5, 0.6) is 0 Å². The number of amides is 1. The molecule has 0 saturated heterocycles. The lowest BCUT2D eigenvalue weighted by Gasteiger charge is -2.26. The van der Waals surface area contributed by atoms with E-state index in [1.807, 2.05) is 79.2 Å². The fraction of sp³-hybridized carbons (Fsp3) is 0.125. The zero-order chi connectivity index (χ0) is 28.1. The van der Waals surface area contributed by atoms with Gasteiger partial charge >= 0.3 is 0 Å². The molecule has 40 heavy (non-hydrogen) atoms. The van der Waals surface area contributed by atoms with Crippen LogP contribution in [-0.4, -0.2) is 23.9 Å². The fourth-order valence-corrected chi connectivity index (χ4v) is 5.94. The van der Waals surface area contributed by atoms with Crippen LogP contribution in [0.1, 0.15) is 32.9 Å². The van der Waals surface area contributed by atoms with E-state index in [-0.39, 0.29) is 22.9 Å². The first-order chi connectivity index (χ1) is 19.3. The van der Waals surface area contributed by atoms with Crippen LogP contribution in [0.25, 0.3) is 5.69 Å². The highest BCUT2D eigenvalue weighted by atomic mass is 32.2. The van der Waals surface area contributed by atoms with E-state index in [1.165, 1.54) is 4.31 Å². The van der Waals surface area contributed by atoms with E-state index in [4.69, 9.17) is 0 Å². The lowest BCUT2D eigenvalue weighted by Crippen LogP contribution is -2.33. The van der Waals surface area contributed by atoms with E-state index in [0.29, 0.717) is 12.2 Å². The Morgan fingerprint density at radius 1 is 0.825 bits per heavy atom. The second-order valence-corrected chi connectivity index (χ2v) is 11.4. The van der Waals surface area contributed by atoms with E-state index < -0.39 is 10.0 Å². The van der Waals surface area contributed by atoms with Gasteiger partial charge in [-0.05, 0) is 61.4 Å². The number of imidazole rings is 1. The van der Waals surface area contributed by atoms with E-state index >= 15 is 0 Å². The molecule has 1 amide bonds. The second-order valence-electron chi connectivity index (χ2n) is 9.52. The minimum absolute atomic E-state index is 0.0798. The van der Waals surface area contributed by atoms with Gasteiger partial charge in [0, 0.05) is 24.6 Å². The number of nitrogens with one attached hydrogen (secondary N) is 1. The van der Waals surface area contributed by atoms with Crippen molar-refractivity contribution < 1.29 is 13.2 Å². The Morgan fingerprint density at radius 2 is 1.50 bits per heavy atom. The highest BCUT2D eigenvalue weighted by Crippen LogP contribution is 2.29. The molecule has 0 fully saturated rings. The number of rotatable bonds is 9. The van der Waals surface area contributed by atoms with Gasteiger partial charge in [0.1, 0.15) is 5.82 Å². The summed E-state index contributed by atoms with van der Waals surface area (Å²) in [6.45, 7) is 4.21. The van der Waals surface area contributed by atoms with E-state index in [0.717, 1.165) is 28.2 Å². The molecule has 4 aromatic carbocycles. The van der Waals surface area contributed by atoms with Crippen molar-refractivity contribution in [2.75, 3.05) is 4.31 Å². The molecule has 0 aliphatic rings. The molecule has 8 heteroatoms. The molecule has 0 saturated carbocycles.